The Morgan fingerprint density at radius 3 is 2.75 bits per heavy atom. The van der Waals surface area contributed by atoms with Crippen molar-refractivity contribution >= 4 is 11.4 Å². The first kappa shape index (κ1) is 12.5. The van der Waals surface area contributed by atoms with E-state index in [1.807, 2.05) is 0 Å². The summed E-state index contributed by atoms with van der Waals surface area (Å²) in [6.45, 7) is 5.05. The molecule has 0 radical (unpaired) electrons. The Morgan fingerprint density at radius 2 is 1.85 bits per heavy atom. The first-order chi connectivity index (χ1) is 9.90. The number of nitrogens with zero attached hydrogens (tertiary/aromatic N) is 2. The molecule has 20 heavy (non-hydrogen) atoms. The van der Waals surface area contributed by atoms with Crippen molar-refractivity contribution in [3.05, 3.63) is 24.3 Å². The van der Waals surface area contributed by atoms with Crippen LogP contribution in [0.3, 0.4) is 0 Å². The third kappa shape index (κ3) is 2.28. The molecule has 0 bridgehead atoms. The number of rotatable bonds is 3. The van der Waals surface area contributed by atoms with Gasteiger partial charge in [-0.3, -0.25) is 4.90 Å². The molecular formula is C17H25N3. The zero-order valence-electron chi connectivity index (χ0n) is 12.2. The van der Waals surface area contributed by atoms with Crippen molar-refractivity contribution in [1.29, 1.82) is 0 Å². The van der Waals surface area contributed by atoms with E-state index in [1.54, 1.807) is 0 Å². The smallest absolute Gasteiger partial charge is 0.0429 e. The minimum absolute atomic E-state index is 0.659. The van der Waals surface area contributed by atoms with Gasteiger partial charge in [0.25, 0.3) is 0 Å². The summed E-state index contributed by atoms with van der Waals surface area (Å²) < 4.78 is 0. The van der Waals surface area contributed by atoms with Crippen LogP contribution in [0.15, 0.2) is 24.3 Å². The van der Waals surface area contributed by atoms with Gasteiger partial charge in [0.1, 0.15) is 0 Å². The molecule has 3 aliphatic heterocycles. The van der Waals surface area contributed by atoms with Crippen LogP contribution in [-0.2, 0) is 0 Å². The molecule has 2 atom stereocenters. The van der Waals surface area contributed by atoms with Crippen molar-refractivity contribution in [2.45, 2.75) is 44.2 Å². The Bertz CT molecular complexity index is 467. The predicted molar refractivity (Wildman–Crippen MR) is 84.5 cm³/mol. The minimum Gasteiger partial charge on any atom is -0.381 e. The van der Waals surface area contributed by atoms with Crippen LogP contribution < -0.4 is 10.2 Å². The zero-order chi connectivity index (χ0) is 13.4. The van der Waals surface area contributed by atoms with E-state index in [0.717, 1.165) is 6.04 Å². The maximum Gasteiger partial charge on any atom is 0.0429 e. The summed E-state index contributed by atoms with van der Waals surface area (Å²) in [5.74, 6) is 0. The van der Waals surface area contributed by atoms with Crippen molar-refractivity contribution in [3.63, 3.8) is 0 Å². The molecule has 3 nitrogen and oxygen atoms in total. The highest BCUT2D eigenvalue weighted by Gasteiger charge is 2.36. The Kier molecular flexibility index (Phi) is 3.31. The molecule has 3 saturated heterocycles. The Labute approximate surface area is 121 Å². The van der Waals surface area contributed by atoms with Crippen LogP contribution in [0.1, 0.15) is 32.1 Å². The predicted octanol–water partition coefficient (Wildman–Crippen LogP) is 2.94. The van der Waals surface area contributed by atoms with E-state index < -0.39 is 0 Å². The van der Waals surface area contributed by atoms with Gasteiger partial charge < -0.3 is 10.2 Å². The standard InChI is InChI=1S/C17H25N3/c1-2-10-19(9-1)15-6-3-5-14(13-15)18-16-8-12-20-11-4-7-17(16)20/h3,5-6,13,16-18H,1-2,4,7-12H2. The summed E-state index contributed by atoms with van der Waals surface area (Å²) in [4.78, 5) is 5.18. The minimum atomic E-state index is 0.659. The molecule has 0 spiro atoms. The van der Waals surface area contributed by atoms with E-state index in [2.05, 4.69) is 39.4 Å². The number of hydrogen-bond acceptors (Lipinski definition) is 3. The summed E-state index contributed by atoms with van der Waals surface area (Å²) in [5, 5.41) is 3.81. The third-order valence-electron chi connectivity index (χ3n) is 5.28. The Morgan fingerprint density at radius 1 is 0.950 bits per heavy atom. The van der Waals surface area contributed by atoms with Gasteiger partial charge in [-0.1, -0.05) is 6.07 Å². The fraction of sp³-hybridized carbons (Fsp3) is 0.647. The van der Waals surface area contributed by atoms with Gasteiger partial charge in [-0.05, 0) is 56.8 Å². The lowest BCUT2D eigenvalue weighted by Crippen LogP contribution is -2.33. The molecule has 0 saturated carbocycles. The molecule has 3 fully saturated rings. The monoisotopic (exact) mass is 271 g/mol. The normalized spacial score (nSPS) is 29.9. The molecule has 0 aromatic heterocycles. The van der Waals surface area contributed by atoms with Gasteiger partial charge in [0.2, 0.25) is 0 Å². The lowest BCUT2D eigenvalue weighted by atomic mass is 10.1. The summed E-state index contributed by atoms with van der Waals surface area (Å²) >= 11 is 0. The molecule has 1 aromatic carbocycles. The van der Waals surface area contributed by atoms with Gasteiger partial charge in [-0.25, -0.2) is 0 Å². The molecule has 108 valence electrons. The Balaban J connectivity index is 1.47. The average Bonchev–Trinajstić information content (AvgIpc) is 3.18. The second kappa shape index (κ2) is 5.28. The maximum absolute atomic E-state index is 3.81. The number of anilines is 2. The third-order valence-corrected chi connectivity index (χ3v) is 5.28. The van der Waals surface area contributed by atoms with Gasteiger partial charge in [0.05, 0.1) is 0 Å². The second-order valence-corrected chi connectivity index (χ2v) is 6.53. The van der Waals surface area contributed by atoms with E-state index >= 15 is 0 Å². The van der Waals surface area contributed by atoms with Gasteiger partial charge in [0.15, 0.2) is 0 Å². The first-order valence-electron chi connectivity index (χ1n) is 8.26. The lowest BCUT2D eigenvalue weighted by Gasteiger charge is -2.24. The van der Waals surface area contributed by atoms with E-state index in [1.165, 1.54) is 69.7 Å². The van der Waals surface area contributed by atoms with Crippen LogP contribution in [0.25, 0.3) is 0 Å². The van der Waals surface area contributed by atoms with Crippen LogP contribution in [0.5, 0.6) is 0 Å². The van der Waals surface area contributed by atoms with E-state index in [0.29, 0.717) is 6.04 Å². The summed E-state index contributed by atoms with van der Waals surface area (Å²) in [5.41, 5.74) is 2.71. The summed E-state index contributed by atoms with van der Waals surface area (Å²) in [6, 6.07) is 10.5. The molecule has 4 rings (SSSR count). The van der Waals surface area contributed by atoms with Crippen LogP contribution in [0.2, 0.25) is 0 Å². The van der Waals surface area contributed by atoms with Crippen molar-refractivity contribution in [1.82, 2.24) is 4.90 Å². The largest absolute Gasteiger partial charge is 0.381 e. The summed E-state index contributed by atoms with van der Waals surface area (Å²) in [7, 11) is 0. The molecule has 3 heteroatoms. The number of benzene rings is 1. The van der Waals surface area contributed by atoms with Crippen molar-refractivity contribution in [2.75, 3.05) is 36.4 Å². The molecule has 2 unspecified atom stereocenters. The number of fused-ring (bicyclic) bond motifs is 1. The van der Waals surface area contributed by atoms with Gasteiger partial charge in [-0.2, -0.15) is 0 Å². The molecule has 3 heterocycles. The number of hydrogen-bond donors (Lipinski definition) is 1. The van der Waals surface area contributed by atoms with Crippen LogP contribution in [-0.4, -0.2) is 43.2 Å². The fourth-order valence-electron chi connectivity index (χ4n) is 4.23. The first-order valence-corrected chi connectivity index (χ1v) is 8.26. The molecule has 1 aromatic rings. The van der Waals surface area contributed by atoms with Crippen LogP contribution in [0.4, 0.5) is 11.4 Å². The highest BCUT2D eigenvalue weighted by Crippen LogP contribution is 2.31. The second-order valence-electron chi connectivity index (χ2n) is 6.53. The van der Waals surface area contributed by atoms with Gasteiger partial charge >= 0.3 is 0 Å². The SMILES string of the molecule is c1cc(NC2CCN3CCCC23)cc(N2CCCC2)c1. The molecule has 1 N–H and O–H groups in total. The lowest BCUT2D eigenvalue weighted by molar-refractivity contribution is 0.318. The van der Waals surface area contributed by atoms with Crippen molar-refractivity contribution in [2.24, 2.45) is 0 Å². The molecular weight excluding hydrogens is 246 g/mol. The van der Waals surface area contributed by atoms with Crippen molar-refractivity contribution < 1.29 is 0 Å². The van der Waals surface area contributed by atoms with E-state index in [9.17, 15) is 0 Å². The van der Waals surface area contributed by atoms with Gasteiger partial charge in [-0.15, -0.1) is 0 Å². The van der Waals surface area contributed by atoms with Crippen LogP contribution >= 0.6 is 0 Å². The van der Waals surface area contributed by atoms with Crippen molar-refractivity contribution in [3.8, 4) is 0 Å². The fourth-order valence-corrected chi connectivity index (χ4v) is 4.23. The van der Waals surface area contributed by atoms with Gasteiger partial charge in [0, 0.05) is 43.1 Å². The van der Waals surface area contributed by atoms with Crippen LogP contribution in [0, 0.1) is 0 Å². The highest BCUT2D eigenvalue weighted by molar-refractivity contribution is 5.59. The molecule has 0 amide bonds. The molecule has 0 aliphatic carbocycles. The van der Waals surface area contributed by atoms with E-state index in [-0.39, 0.29) is 0 Å². The average molecular weight is 271 g/mol. The molecule has 3 aliphatic rings. The maximum atomic E-state index is 3.81. The topological polar surface area (TPSA) is 18.5 Å². The van der Waals surface area contributed by atoms with E-state index in [4.69, 9.17) is 0 Å². The zero-order valence-corrected chi connectivity index (χ0v) is 12.2. The summed E-state index contributed by atoms with van der Waals surface area (Å²) in [6.07, 6.45) is 6.76. The Hall–Kier alpha value is -1.22. The highest BCUT2D eigenvalue weighted by atomic mass is 15.2. The quantitative estimate of drug-likeness (QED) is 0.912. The number of nitrogens with one attached hydrogen (secondary N) is 1.